The first-order chi connectivity index (χ1) is 9.66. The number of aryl methyl sites for hydroxylation is 1. The summed E-state index contributed by atoms with van der Waals surface area (Å²) in [5, 5.41) is 0. The van der Waals surface area contributed by atoms with E-state index in [2.05, 4.69) is 12.1 Å². The second kappa shape index (κ2) is 7.06. The highest BCUT2D eigenvalue weighted by Crippen LogP contribution is 2.24. The first kappa shape index (κ1) is 14.5. The van der Waals surface area contributed by atoms with Crippen LogP contribution >= 0.6 is 0 Å². The van der Waals surface area contributed by atoms with Crippen molar-refractivity contribution in [2.24, 2.45) is 5.73 Å². The highest BCUT2D eigenvalue weighted by Gasteiger charge is 2.09. The predicted octanol–water partition coefficient (Wildman–Crippen LogP) is 3.86. The third-order valence-electron chi connectivity index (χ3n) is 3.17. The van der Waals surface area contributed by atoms with E-state index in [9.17, 15) is 4.39 Å². The van der Waals surface area contributed by atoms with Crippen LogP contribution in [0.3, 0.4) is 0 Å². The van der Waals surface area contributed by atoms with E-state index in [1.165, 1.54) is 17.7 Å². The Labute approximate surface area is 119 Å². The molecule has 2 rings (SSSR count). The molecule has 3 heteroatoms. The third-order valence-corrected chi connectivity index (χ3v) is 3.17. The van der Waals surface area contributed by atoms with Gasteiger partial charge in [-0.2, -0.15) is 0 Å². The van der Waals surface area contributed by atoms with Crippen molar-refractivity contribution in [2.75, 3.05) is 6.61 Å². The largest absolute Gasteiger partial charge is 0.493 e. The first-order valence-corrected chi connectivity index (χ1v) is 6.88. The Morgan fingerprint density at radius 3 is 2.60 bits per heavy atom. The molecule has 0 unspecified atom stereocenters. The van der Waals surface area contributed by atoms with E-state index >= 15 is 0 Å². The normalized spacial score (nSPS) is 12.2. The molecule has 0 radical (unpaired) electrons. The van der Waals surface area contributed by atoms with Crippen molar-refractivity contribution in [1.82, 2.24) is 0 Å². The van der Waals surface area contributed by atoms with Crippen molar-refractivity contribution in [2.45, 2.75) is 25.8 Å². The summed E-state index contributed by atoms with van der Waals surface area (Å²) in [6.45, 7) is 2.42. The molecule has 1 atom stereocenters. The molecule has 20 heavy (non-hydrogen) atoms. The Morgan fingerprint density at radius 1 is 1.15 bits per heavy atom. The Morgan fingerprint density at radius 2 is 1.90 bits per heavy atom. The zero-order valence-corrected chi connectivity index (χ0v) is 11.7. The molecule has 2 nitrogen and oxygen atoms in total. The highest BCUT2D eigenvalue weighted by atomic mass is 19.1. The molecule has 0 aliphatic heterocycles. The minimum Gasteiger partial charge on any atom is -0.493 e. The SMILES string of the molecule is C[C@@H](N)c1cc(F)ccc1OCCCc1ccccc1. The van der Waals surface area contributed by atoms with Gasteiger partial charge >= 0.3 is 0 Å². The Hall–Kier alpha value is -1.87. The second-order valence-electron chi connectivity index (χ2n) is 4.91. The standard InChI is InChI=1S/C17H20FNO/c1-13(19)16-12-15(18)9-10-17(16)20-11-5-8-14-6-3-2-4-7-14/h2-4,6-7,9-10,12-13H,5,8,11,19H2,1H3/t13-/m1/s1. The molecule has 0 aromatic heterocycles. The smallest absolute Gasteiger partial charge is 0.124 e. The van der Waals surface area contributed by atoms with Gasteiger partial charge in [-0.1, -0.05) is 30.3 Å². The van der Waals surface area contributed by atoms with Gasteiger partial charge in [0, 0.05) is 11.6 Å². The van der Waals surface area contributed by atoms with Gasteiger partial charge in [0.25, 0.3) is 0 Å². The number of nitrogens with two attached hydrogens (primary N) is 1. The lowest BCUT2D eigenvalue weighted by Crippen LogP contribution is -2.09. The second-order valence-corrected chi connectivity index (χ2v) is 4.91. The van der Waals surface area contributed by atoms with Crippen LogP contribution in [0.5, 0.6) is 5.75 Å². The van der Waals surface area contributed by atoms with Crippen molar-refractivity contribution in [3.05, 3.63) is 65.5 Å². The quantitative estimate of drug-likeness (QED) is 0.811. The Balaban J connectivity index is 1.88. The minimum absolute atomic E-state index is 0.241. The average Bonchev–Trinajstić information content (AvgIpc) is 2.45. The highest BCUT2D eigenvalue weighted by molar-refractivity contribution is 5.36. The van der Waals surface area contributed by atoms with Crippen molar-refractivity contribution in [1.29, 1.82) is 0 Å². The lowest BCUT2D eigenvalue weighted by atomic mass is 10.1. The van der Waals surface area contributed by atoms with Gasteiger partial charge in [-0.15, -0.1) is 0 Å². The number of ether oxygens (including phenoxy) is 1. The molecule has 0 aliphatic rings. The first-order valence-electron chi connectivity index (χ1n) is 6.88. The van der Waals surface area contributed by atoms with Crippen molar-refractivity contribution in [3.8, 4) is 5.75 Å². The fraction of sp³-hybridized carbons (Fsp3) is 0.294. The summed E-state index contributed by atoms with van der Waals surface area (Å²) in [6.07, 6.45) is 1.88. The van der Waals surface area contributed by atoms with Crippen LogP contribution in [0, 0.1) is 5.82 Å². The monoisotopic (exact) mass is 273 g/mol. The maximum absolute atomic E-state index is 13.2. The fourth-order valence-electron chi connectivity index (χ4n) is 2.11. The van der Waals surface area contributed by atoms with Gasteiger partial charge in [0.05, 0.1) is 6.61 Å². The van der Waals surface area contributed by atoms with Crippen molar-refractivity contribution >= 4 is 0 Å². The van der Waals surface area contributed by atoms with E-state index in [-0.39, 0.29) is 11.9 Å². The van der Waals surface area contributed by atoms with E-state index in [0.717, 1.165) is 12.8 Å². The van der Waals surface area contributed by atoms with E-state index in [1.807, 2.05) is 25.1 Å². The van der Waals surface area contributed by atoms with Gasteiger partial charge in [0.15, 0.2) is 0 Å². The molecule has 0 saturated carbocycles. The zero-order valence-electron chi connectivity index (χ0n) is 11.7. The lowest BCUT2D eigenvalue weighted by molar-refractivity contribution is 0.306. The lowest BCUT2D eigenvalue weighted by Gasteiger charge is -2.14. The van der Waals surface area contributed by atoms with Gasteiger partial charge in [0.2, 0.25) is 0 Å². The van der Waals surface area contributed by atoms with Crippen molar-refractivity contribution in [3.63, 3.8) is 0 Å². The number of halogens is 1. The molecule has 0 saturated heterocycles. The zero-order chi connectivity index (χ0) is 14.4. The van der Waals surface area contributed by atoms with Crippen LogP contribution in [0.15, 0.2) is 48.5 Å². The van der Waals surface area contributed by atoms with Crippen LogP contribution in [0.1, 0.15) is 30.5 Å². The summed E-state index contributed by atoms with van der Waals surface area (Å²) in [5.74, 6) is 0.392. The summed E-state index contributed by atoms with van der Waals surface area (Å²) in [5.41, 5.74) is 7.84. The van der Waals surface area contributed by atoms with Gasteiger partial charge in [0.1, 0.15) is 11.6 Å². The maximum Gasteiger partial charge on any atom is 0.124 e. The average molecular weight is 273 g/mol. The summed E-state index contributed by atoms with van der Waals surface area (Å²) < 4.78 is 18.9. The molecular formula is C17H20FNO. The fourth-order valence-corrected chi connectivity index (χ4v) is 2.11. The number of rotatable bonds is 6. The van der Waals surface area contributed by atoms with E-state index < -0.39 is 0 Å². The molecule has 0 amide bonds. The van der Waals surface area contributed by atoms with Crippen molar-refractivity contribution < 1.29 is 9.13 Å². The van der Waals surface area contributed by atoms with Crippen LogP contribution < -0.4 is 10.5 Å². The molecule has 0 fully saturated rings. The van der Waals surface area contributed by atoms with Gasteiger partial charge < -0.3 is 10.5 Å². The topological polar surface area (TPSA) is 35.2 Å². The maximum atomic E-state index is 13.2. The van der Waals surface area contributed by atoms with Crippen LogP contribution in [0.4, 0.5) is 4.39 Å². The minimum atomic E-state index is -0.283. The van der Waals surface area contributed by atoms with Gasteiger partial charge in [-0.3, -0.25) is 0 Å². The summed E-state index contributed by atoms with van der Waals surface area (Å²) >= 11 is 0. The van der Waals surface area contributed by atoms with Crippen LogP contribution in [0.2, 0.25) is 0 Å². The molecule has 0 aliphatic carbocycles. The molecular weight excluding hydrogens is 253 g/mol. The summed E-state index contributed by atoms with van der Waals surface area (Å²) in [6, 6.07) is 14.5. The van der Waals surface area contributed by atoms with Gasteiger partial charge in [-0.25, -0.2) is 4.39 Å². The molecule has 0 spiro atoms. The van der Waals surface area contributed by atoms with E-state index in [4.69, 9.17) is 10.5 Å². The number of hydrogen-bond acceptors (Lipinski definition) is 2. The molecule has 2 aromatic rings. The summed E-state index contributed by atoms with van der Waals surface area (Å²) in [4.78, 5) is 0. The molecule has 2 N–H and O–H groups in total. The Kier molecular flexibility index (Phi) is 5.13. The predicted molar refractivity (Wildman–Crippen MR) is 79.3 cm³/mol. The molecule has 2 aromatic carbocycles. The van der Waals surface area contributed by atoms with E-state index in [1.54, 1.807) is 6.07 Å². The van der Waals surface area contributed by atoms with Crippen LogP contribution in [-0.2, 0) is 6.42 Å². The van der Waals surface area contributed by atoms with Crippen LogP contribution in [0.25, 0.3) is 0 Å². The van der Waals surface area contributed by atoms with Gasteiger partial charge in [-0.05, 0) is 43.5 Å². The summed E-state index contributed by atoms with van der Waals surface area (Å²) in [7, 11) is 0. The molecule has 0 heterocycles. The van der Waals surface area contributed by atoms with E-state index in [0.29, 0.717) is 17.9 Å². The number of hydrogen-bond donors (Lipinski definition) is 1. The van der Waals surface area contributed by atoms with Crippen LogP contribution in [-0.4, -0.2) is 6.61 Å². The third kappa shape index (κ3) is 4.07. The molecule has 106 valence electrons. The Bertz CT molecular complexity index is 540. The molecule has 0 bridgehead atoms. The number of benzene rings is 2.